The number of piperidine rings is 1. The maximum atomic E-state index is 13.2. The predicted octanol–water partition coefficient (Wildman–Crippen LogP) is 1.59. The molecule has 112 valence electrons. The Balaban J connectivity index is 1.65. The van der Waals surface area contributed by atoms with E-state index in [4.69, 9.17) is 0 Å². The molecule has 2 fully saturated rings. The number of hydrogen-bond acceptors (Lipinski definition) is 2. The molecule has 2 saturated heterocycles. The summed E-state index contributed by atoms with van der Waals surface area (Å²) in [6, 6.07) is 6.11. The summed E-state index contributed by atoms with van der Waals surface area (Å²) in [5.74, 6) is -0.184. The smallest absolute Gasteiger partial charge is 0.245 e. The molecule has 0 spiro atoms. The molecule has 0 aromatic heterocycles. The van der Waals surface area contributed by atoms with Gasteiger partial charge in [-0.05, 0) is 43.4 Å². The Morgan fingerprint density at radius 1 is 1.24 bits per heavy atom. The summed E-state index contributed by atoms with van der Waals surface area (Å²) in [4.78, 5) is 27.9. The minimum atomic E-state index is -0.271. The van der Waals surface area contributed by atoms with Crippen LogP contribution in [0.5, 0.6) is 0 Å². The fourth-order valence-corrected chi connectivity index (χ4v) is 3.18. The van der Waals surface area contributed by atoms with Crippen LogP contribution in [0.4, 0.5) is 4.39 Å². The van der Waals surface area contributed by atoms with E-state index < -0.39 is 0 Å². The third-order valence-corrected chi connectivity index (χ3v) is 4.31. The molecule has 21 heavy (non-hydrogen) atoms. The number of benzene rings is 1. The molecular weight excluding hydrogens is 271 g/mol. The number of halogens is 1. The second kappa shape index (κ2) is 5.84. The maximum absolute atomic E-state index is 13.2. The summed E-state index contributed by atoms with van der Waals surface area (Å²) < 4.78 is 13.2. The van der Waals surface area contributed by atoms with Crippen molar-refractivity contribution in [2.45, 2.75) is 31.7 Å². The Labute approximate surface area is 123 Å². The van der Waals surface area contributed by atoms with Crippen LogP contribution in [0.1, 0.15) is 24.8 Å². The fraction of sp³-hybridized carbons (Fsp3) is 0.500. The Bertz CT molecular complexity index is 561. The summed E-state index contributed by atoms with van der Waals surface area (Å²) in [7, 11) is 0. The summed E-state index contributed by atoms with van der Waals surface area (Å²) >= 11 is 0. The average Bonchev–Trinajstić information content (AvgIpc) is 2.50. The van der Waals surface area contributed by atoms with Crippen LogP contribution < -0.4 is 0 Å². The summed E-state index contributed by atoms with van der Waals surface area (Å²) in [5, 5.41) is 0. The van der Waals surface area contributed by atoms with Gasteiger partial charge >= 0.3 is 0 Å². The second-order valence-corrected chi connectivity index (χ2v) is 5.74. The van der Waals surface area contributed by atoms with Crippen LogP contribution in [0.3, 0.4) is 0 Å². The van der Waals surface area contributed by atoms with E-state index >= 15 is 0 Å². The Kier molecular flexibility index (Phi) is 3.90. The Morgan fingerprint density at radius 3 is 2.90 bits per heavy atom. The van der Waals surface area contributed by atoms with Crippen molar-refractivity contribution in [3.8, 4) is 0 Å². The fourth-order valence-electron chi connectivity index (χ4n) is 3.18. The van der Waals surface area contributed by atoms with Gasteiger partial charge in [0, 0.05) is 13.1 Å². The topological polar surface area (TPSA) is 40.6 Å². The quantitative estimate of drug-likeness (QED) is 0.848. The van der Waals surface area contributed by atoms with Gasteiger partial charge in [-0.2, -0.15) is 0 Å². The minimum absolute atomic E-state index is 0.0403. The van der Waals surface area contributed by atoms with E-state index in [1.165, 1.54) is 12.1 Å². The number of carbonyl (C=O) groups is 2. The van der Waals surface area contributed by atoms with Gasteiger partial charge < -0.3 is 9.80 Å². The van der Waals surface area contributed by atoms with Crippen LogP contribution in [-0.2, 0) is 16.0 Å². The SMILES string of the molecule is O=C1C2CCCCN2C(=O)CN1CCc1cccc(F)c1. The van der Waals surface area contributed by atoms with Crippen molar-refractivity contribution in [3.63, 3.8) is 0 Å². The second-order valence-electron chi connectivity index (χ2n) is 5.74. The van der Waals surface area contributed by atoms with Gasteiger partial charge in [0.1, 0.15) is 11.9 Å². The van der Waals surface area contributed by atoms with Gasteiger partial charge in [0.25, 0.3) is 0 Å². The van der Waals surface area contributed by atoms with Crippen LogP contribution in [0.25, 0.3) is 0 Å². The number of hydrogen-bond donors (Lipinski definition) is 0. The van der Waals surface area contributed by atoms with E-state index in [2.05, 4.69) is 0 Å². The van der Waals surface area contributed by atoms with E-state index in [1.54, 1.807) is 15.9 Å². The number of amides is 2. The van der Waals surface area contributed by atoms with Crippen LogP contribution in [0.2, 0.25) is 0 Å². The monoisotopic (exact) mass is 290 g/mol. The molecule has 2 heterocycles. The number of fused-ring (bicyclic) bond motifs is 1. The molecule has 0 aliphatic carbocycles. The molecule has 2 amide bonds. The van der Waals surface area contributed by atoms with Crippen molar-refractivity contribution < 1.29 is 14.0 Å². The molecule has 0 radical (unpaired) electrons. The maximum Gasteiger partial charge on any atom is 0.245 e. The molecule has 2 aliphatic heterocycles. The molecule has 0 saturated carbocycles. The summed E-state index contributed by atoms with van der Waals surface area (Å²) in [6.45, 7) is 1.33. The highest BCUT2D eigenvalue weighted by atomic mass is 19.1. The third-order valence-electron chi connectivity index (χ3n) is 4.31. The molecule has 1 aromatic rings. The lowest BCUT2D eigenvalue weighted by molar-refractivity contribution is -0.157. The Hall–Kier alpha value is -1.91. The van der Waals surface area contributed by atoms with E-state index in [-0.39, 0.29) is 30.2 Å². The van der Waals surface area contributed by atoms with Crippen molar-refractivity contribution in [2.24, 2.45) is 0 Å². The molecule has 1 aromatic carbocycles. The van der Waals surface area contributed by atoms with Crippen molar-refractivity contribution in [1.82, 2.24) is 9.80 Å². The molecule has 3 rings (SSSR count). The summed E-state index contributed by atoms with van der Waals surface area (Å²) in [5.41, 5.74) is 0.848. The first-order valence-corrected chi connectivity index (χ1v) is 7.48. The van der Waals surface area contributed by atoms with Gasteiger partial charge in [-0.25, -0.2) is 4.39 Å². The van der Waals surface area contributed by atoms with E-state index in [9.17, 15) is 14.0 Å². The van der Waals surface area contributed by atoms with Gasteiger partial charge in [0.15, 0.2) is 0 Å². The van der Waals surface area contributed by atoms with Gasteiger partial charge in [-0.1, -0.05) is 12.1 Å². The molecular formula is C16H19FN2O2. The van der Waals surface area contributed by atoms with Crippen LogP contribution in [0, 0.1) is 5.82 Å². The number of carbonyl (C=O) groups excluding carboxylic acids is 2. The molecule has 1 unspecified atom stereocenters. The van der Waals surface area contributed by atoms with Gasteiger partial charge in [0.05, 0.1) is 6.54 Å². The first kappa shape index (κ1) is 14.0. The molecule has 2 aliphatic rings. The highest BCUT2D eigenvalue weighted by molar-refractivity contribution is 5.95. The first-order valence-electron chi connectivity index (χ1n) is 7.48. The average molecular weight is 290 g/mol. The van der Waals surface area contributed by atoms with Crippen LogP contribution in [0.15, 0.2) is 24.3 Å². The van der Waals surface area contributed by atoms with Crippen molar-refractivity contribution in [3.05, 3.63) is 35.6 Å². The first-order chi connectivity index (χ1) is 10.1. The van der Waals surface area contributed by atoms with Gasteiger partial charge in [0.2, 0.25) is 11.8 Å². The van der Waals surface area contributed by atoms with Crippen molar-refractivity contribution in [2.75, 3.05) is 19.6 Å². The minimum Gasteiger partial charge on any atom is -0.331 e. The third kappa shape index (κ3) is 2.91. The zero-order valence-electron chi connectivity index (χ0n) is 11.9. The summed E-state index contributed by atoms with van der Waals surface area (Å²) in [6.07, 6.45) is 3.32. The van der Waals surface area contributed by atoms with E-state index in [0.29, 0.717) is 19.5 Å². The van der Waals surface area contributed by atoms with E-state index in [0.717, 1.165) is 24.8 Å². The largest absolute Gasteiger partial charge is 0.331 e. The van der Waals surface area contributed by atoms with Crippen molar-refractivity contribution >= 4 is 11.8 Å². The van der Waals surface area contributed by atoms with Crippen LogP contribution >= 0.6 is 0 Å². The highest BCUT2D eigenvalue weighted by Crippen LogP contribution is 2.23. The Morgan fingerprint density at radius 2 is 2.10 bits per heavy atom. The lowest BCUT2D eigenvalue weighted by Gasteiger charge is -2.42. The lowest BCUT2D eigenvalue weighted by atomic mass is 9.98. The zero-order valence-corrected chi connectivity index (χ0v) is 11.9. The molecule has 0 N–H and O–H groups in total. The van der Waals surface area contributed by atoms with Gasteiger partial charge in [-0.3, -0.25) is 9.59 Å². The molecule has 4 nitrogen and oxygen atoms in total. The highest BCUT2D eigenvalue weighted by Gasteiger charge is 2.39. The number of nitrogens with zero attached hydrogens (tertiary/aromatic N) is 2. The normalized spacial score (nSPS) is 22.4. The standard InChI is InChI=1S/C16H19FN2O2/c17-13-5-3-4-12(10-13)7-9-18-11-15(20)19-8-2-1-6-14(19)16(18)21/h3-5,10,14H,1-2,6-9,11H2. The van der Waals surface area contributed by atoms with Crippen LogP contribution in [-0.4, -0.2) is 47.3 Å². The van der Waals surface area contributed by atoms with Crippen molar-refractivity contribution in [1.29, 1.82) is 0 Å². The number of piperazine rings is 1. The zero-order chi connectivity index (χ0) is 14.8. The molecule has 0 bridgehead atoms. The van der Waals surface area contributed by atoms with Gasteiger partial charge in [-0.15, -0.1) is 0 Å². The number of rotatable bonds is 3. The molecule has 1 atom stereocenters. The molecule has 5 heteroatoms. The van der Waals surface area contributed by atoms with E-state index in [1.807, 2.05) is 6.07 Å². The lowest BCUT2D eigenvalue weighted by Crippen LogP contribution is -2.61. The predicted molar refractivity (Wildman–Crippen MR) is 76.0 cm³/mol.